The van der Waals surface area contributed by atoms with Crippen molar-refractivity contribution >= 4 is 17.6 Å². The van der Waals surface area contributed by atoms with Crippen molar-refractivity contribution in [2.24, 2.45) is 0 Å². The van der Waals surface area contributed by atoms with Crippen LogP contribution in [0.3, 0.4) is 0 Å². The quantitative estimate of drug-likeness (QED) is 0.746. The fourth-order valence-corrected chi connectivity index (χ4v) is 2.04. The maximum absolute atomic E-state index is 12.0. The second-order valence-corrected chi connectivity index (χ2v) is 4.82. The Hall–Kier alpha value is -2.11. The Kier molecular flexibility index (Phi) is 4.92. The Morgan fingerprint density at radius 3 is 3.00 bits per heavy atom. The van der Waals surface area contributed by atoms with Crippen LogP contribution in [-0.4, -0.2) is 35.9 Å². The molecule has 0 radical (unpaired) electrons. The van der Waals surface area contributed by atoms with Gasteiger partial charge < -0.3 is 16.0 Å². The normalized spacial score (nSPS) is 18.2. The number of piperidine rings is 1. The Labute approximate surface area is 118 Å². The molecule has 6 nitrogen and oxygen atoms in total. The molecule has 1 aliphatic heterocycles. The van der Waals surface area contributed by atoms with Crippen molar-refractivity contribution in [2.45, 2.75) is 32.2 Å². The van der Waals surface area contributed by atoms with Gasteiger partial charge in [0, 0.05) is 19.3 Å². The molecule has 0 aliphatic carbocycles. The summed E-state index contributed by atoms with van der Waals surface area (Å²) in [6, 6.07) is 3.04. The van der Waals surface area contributed by atoms with E-state index in [1.54, 1.807) is 12.1 Å². The summed E-state index contributed by atoms with van der Waals surface area (Å²) in [5, 5.41) is 8.62. The molecule has 20 heavy (non-hydrogen) atoms. The molecule has 1 aliphatic rings. The molecule has 108 valence electrons. The van der Waals surface area contributed by atoms with E-state index >= 15 is 0 Å². The van der Waals surface area contributed by atoms with Gasteiger partial charge in [-0.3, -0.25) is 9.59 Å². The number of carbonyl (C=O) groups is 2. The minimum absolute atomic E-state index is 0.112. The molecule has 3 N–H and O–H groups in total. The summed E-state index contributed by atoms with van der Waals surface area (Å²) in [4.78, 5) is 27.8. The standard InChI is InChI=1S/C14H20N4O2/c1-2-7-15-12-6-5-10(9-17-12)13(19)18-11-4-3-8-16-14(11)20/h5-6,9,11H,2-4,7-8H2,1H3,(H,15,17)(H,16,20)(H,18,19). The zero-order valence-corrected chi connectivity index (χ0v) is 11.6. The predicted molar refractivity (Wildman–Crippen MR) is 76.5 cm³/mol. The number of hydrogen-bond donors (Lipinski definition) is 3. The molecule has 6 heteroatoms. The summed E-state index contributed by atoms with van der Waals surface area (Å²) < 4.78 is 0. The van der Waals surface area contributed by atoms with Crippen LogP contribution in [-0.2, 0) is 4.79 Å². The number of carbonyl (C=O) groups excluding carboxylic acids is 2. The second kappa shape index (κ2) is 6.88. The monoisotopic (exact) mass is 276 g/mol. The number of amides is 2. The van der Waals surface area contributed by atoms with E-state index in [4.69, 9.17) is 0 Å². The van der Waals surface area contributed by atoms with E-state index in [-0.39, 0.29) is 11.8 Å². The third-order valence-electron chi connectivity index (χ3n) is 3.17. The lowest BCUT2D eigenvalue weighted by Crippen LogP contribution is -2.50. The first-order valence-corrected chi connectivity index (χ1v) is 6.99. The van der Waals surface area contributed by atoms with Crippen LogP contribution in [0.5, 0.6) is 0 Å². The Bertz CT molecular complexity index is 473. The summed E-state index contributed by atoms with van der Waals surface area (Å²) in [6.45, 7) is 3.61. The largest absolute Gasteiger partial charge is 0.370 e. The number of nitrogens with zero attached hydrogens (tertiary/aromatic N) is 1. The average molecular weight is 276 g/mol. The smallest absolute Gasteiger partial charge is 0.253 e. The van der Waals surface area contributed by atoms with Crippen LogP contribution in [0.2, 0.25) is 0 Å². The van der Waals surface area contributed by atoms with E-state index in [1.807, 2.05) is 0 Å². The highest BCUT2D eigenvalue weighted by Crippen LogP contribution is 2.08. The second-order valence-electron chi connectivity index (χ2n) is 4.82. The minimum Gasteiger partial charge on any atom is -0.370 e. The van der Waals surface area contributed by atoms with Gasteiger partial charge in [-0.05, 0) is 31.4 Å². The van der Waals surface area contributed by atoms with Gasteiger partial charge in [-0.15, -0.1) is 0 Å². The van der Waals surface area contributed by atoms with Crippen molar-refractivity contribution in [3.63, 3.8) is 0 Å². The molecular formula is C14H20N4O2. The Morgan fingerprint density at radius 1 is 1.50 bits per heavy atom. The van der Waals surface area contributed by atoms with Crippen LogP contribution < -0.4 is 16.0 Å². The molecule has 1 saturated heterocycles. The molecule has 1 aromatic heterocycles. The fraction of sp³-hybridized carbons (Fsp3) is 0.500. The molecule has 2 amide bonds. The summed E-state index contributed by atoms with van der Waals surface area (Å²) in [7, 11) is 0. The van der Waals surface area contributed by atoms with Gasteiger partial charge in [0.1, 0.15) is 11.9 Å². The molecule has 1 atom stereocenters. The first-order valence-electron chi connectivity index (χ1n) is 6.99. The molecule has 1 aromatic rings. The van der Waals surface area contributed by atoms with Gasteiger partial charge in [-0.1, -0.05) is 6.92 Å². The SMILES string of the molecule is CCCNc1ccc(C(=O)NC2CCCNC2=O)cn1. The van der Waals surface area contributed by atoms with Gasteiger partial charge >= 0.3 is 0 Å². The predicted octanol–water partition coefficient (Wildman–Crippen LogP) is 0.912. The molecule has 1 fully saturated rings. The lowest BCUT2D eigenvalue weighted by Gasteiger charge is -2.22. The highest BCUT2D eigenvalue weighted by molar-refractivity contribution is 5.97. The van der Waals surface area contributed by atoms with Crippen molar-refractivity contribution in [1.29, 1.82) is 0 Å². The van der Waals surface area contributed by atoms with Gasteiger partial charge in [-0.25, -0.2) is 4.98 Å². The van der Waals surface area contributed by atoms with Crippen LogP contribution in [0.1, 0.15) is 36.5 Å². The maximum atomic E-state index is 12.0. The van der Waals surface area contributed by atoms with Crippen molar-refractivity contribution < 1.29 is 9.59 Å². The summed E-state index contributed by atoms with van der Waals surface area (Å²) >= 11 is 0. The third-order valence-corrected chi connectivity index (χ3v) is 3.17. The zero-order valence-electron chi connectivity index (χ0n) is 11.6. The van der Waals surface area contributed by atoms with Crippen LogP contribution in [0.4, 0.5) is 5.82 Å². The third kappa shape index (κ3) is 3.69. The fourth-order valence-electron chi connectivity index (χ4n) is 2.04. The first-order chi connectivity index (χ1) is 9.70. The number of hydrogen-bond acceptors (Lipinski definition) is 4. The number of nitrogens with one attached hydrogen (secondary N) is 3. The van der Waals surface area contributed by atoms with E-state index in [0.29, 0.717) is 18.5 Å². The highest BCUT2D eigenvalue weighted by Gasteiger charge is 2.23. The van der Waals surface area contributed by atoms with Crippen LogP contribution in [0, 0.1) is 0 Å². The van der Waals surface area contributed by atoms with Crippen LogP contribution in [0.25, 0.3) is 0 Å². The topological polar surface area (TPSA) is 83.1 Å². The van der Waals surface area contributed by atoms with E-state index in [0.717, 1.165) is 25.2 Å². The lowest BCUT2D eigenvalue weighted by atomic mass is 10.1. The van der Waals surface area contributed by atoms with E-state index in [1.165, 1.54) is 6.20 Å². The molecule has 2 heterocycles. The molecular weight excluding hydrogens is 256 g/mol. The molecule has 2 rings (SSSR count). The Morgan fingerprint density at radius 2 is 2.35 bits per heavy atom. The molecule has 0 spiro atoms. The average Bonchev–Trinajstić information content (AvgIpc) is 2.48. The maximum Gasteiger partial charge on any atom is 0.253 e. The van der Waals surface area contributed by atoms with E-state index in [9.17, 15) is 9.59 Å². The number of anilines is 1. The number of aromatic nitrogens is 1. The zero-order chi connectivity index (χ0) is 14.4. The van der Waals surface area contributed by atoms with Gasteiger partial charge in [-0.2, -0.15) is 0 Å². The summed E-state index contributed by atoms with van der Waals surface area (Å²) in [5.74, 6) is 0.374. The van der Waals surface area contributed by atoms with Gasteiger partial charge in [0.05, 0.1) is 5.56 Å². The lowest BCUT2D eigenvalue weighted by molar-refractivity contribution is -0.124. The highest BCUT2D eigenvalue weighted by atomic mass is 16.2. The summed E-state index contributed by atoms with van der Waals surface area (Å²) in [6.07, 6.45) is 4.10. The van der Waals surface area contributed by atoms with E-state index < -0.39 is 6.04 Å². The van der Waals surface area contributed by atoms with Crippen molar-refractivity contribution in [2.75, 3.05) is 18.4 Å². The molecule has 0 aromatic carbocycles. The Balaban J connectivity index is 1.93. The van der Waals surface area contributed by atoms with Gasteiger partial charge in [0.25, 0.3) is 5.91 Å². The van der Waals surface area contributed by atoms with E-state index in [2.05, 4.69) is 27.9 Å². The van der Waals surface area contributed by atoms with Crippen LogP contribution >= 0.6 is 0 Å². The minimum atomic E-state index is -0.436. The van der Waals surface area contributed by atoms with Crippen molar-refractivity contribution in [3.05, 3.63) is 23.9 Å². The molecule has 1 unspecified atom stereocenters. The number of pyridine rings is 1. The van der Waals surface area contributed by atoms with Gasteiger partial charge in [0.15, 0.2) is 0 Å². The number of rotatable bonds is 5. The van der Waals surface area contributed by atoms with Crippen molar-refractivity contribution in [3.8, 4) is 0 Å². The molecule has 0 bridgehead atoms. The van der Waals surface area contributed by atoms with Crippen LogP contribution in [0.15, 0.2) is 18.3 Å². The van der Waals surface area contributed by atoms with Crippen molar-refractivity contribution in [1.82, 2.24) is 15.6 Å². The summed E-state index contributed by atoms with van der Waals surface area (Å²) in [5.41, 5.74) is 0.463. The van der Waals surface area contributed by atoms with Gasteiger partial charge in [0.2, 0.25) is 5.91 Å². The first kappa shape index (κ1) is 14.3. The molecule has 0 saturated carbocycles.